The summed E-state index contributed by atoms with van der Waals surface area (Å²) in [6, 6.07) is 6.81. The van der Waals surface area contributed by atoms with Gasteiger partial charge in [-0.1, -0.05) is 42.2 Å². The first kappa shape index (κ1) is 14.4. The van der Waals surface area contributed by atoms with Crippen molar-refractivity contribution in [2.75, 3.05) is 6.26 Å². The minimum atomic E-state index is -3.49. The van der Waals surface area contributed by atoms with Crippen LogP contribution in [0.15, 0.2) is 32.9 Å². The molecule has 1 rings (SSSR count). The van der Waals surface area contributed by atoms with Gasteiger partial charge in [-0.15, -0.1) is 3.77 Å². The SMILES string of the molecule is CCC(C)/S(C)=N\S(=O)(=O)c1ccc(C)cc1. The summed E-state index contributed by atoms with van der Waals surface area (Å²) in [5, 5.41) is 0.301. The van der Waals surface area contributed by atoms with Gasteiger partial charge in [-0.3, -0.25) is 0 Å². The summed E-state index contributed by atoms with van der Waals surface area (Å²) in [7, 11) is -3.95. The Morgan fingerprint density at radius 1 is 1.29 bits per heavy atom. The molecule has 17 heavy (non-hydrogen) atoms. The quantitative estimate of drug-likeness (QED) is 0.846. The van der Waals surface area contributed by atoms with Crippen LogP contribution in [-0.4, -0.2) is 19.9 Å². The maximum Gasteiger partial charge on any atom is 0.287 e. The van der Waals surface area contributed by atoms with Gasteiger partial charge in [0.05, 0.1) is 4.90 Å². The number of benzene rings is 1. The van der Waals surface area contributed by atoms with Crippen LogP contribution in [0.4, 0.5) is 0 Å². The molecule has 0 bridgehead atoms. The third-order valence-electron chi connectivity index (χ3n) is 2.69. The first-order chi connectivity index (χ1) is 7.86. The van der Waals surface area contributed by atoms with Crippen molar-refractivity contribution in [2.24, 2.45) is 3.77 Å². The highest BCUT2D eigenvalue weighted by Gasteiger charge is 2.14. The lowest BCUT2D eigenvalue weighted by molar-refractivity contribution is 0.598. The lowest BCUT2D eigenvalue weighted by atomic mass is 10.2. The summed E-state index contributed by atoms with van der Waals surface area (Å²) in [4.78, 5) is 0.283. The minimum absolute atomic E-state index is 0.283. The molecule has 0 aliphatic rings. The van der Waals surface area contributed by atoms with Crippen molar-refractivity contribution in [2.45, 2.75) is 37.3 Å². The Balaban J connectivity index is 3.08. The maximum absolute atomic E-state index is 12.0. The Morgan fingerprint density at radius 3 is 2.29 bits per heavy atom. The van der Waals surface area contributed by atoms with Crippen LogP contribution >= 0.6 is 0 Å². The van der Waals surface area contributed by atoms with Gasteiger partial charge < -0.3 is 0 Å². The molecule has 0 saturated carbocycles. The first-order valence-corrected chi connectivity index (χ1v) is 8.65. The fourth-order valence-electron chi connectivity index (χ4n) is 1.22. The van der Waals surface area contributed by atoms with Crippen LogP contribution in [0.25, 0.3) is 0 Å². The molecular weight excluding hydrogens is 254 g/mol. The molecule has 0 aliphatic heterocycles. The third-order valence-corrected chi connectivity index (χ3v) is 6.78. The predicted molar refractivity (Wildman–Crippen MR) is 73.8 cm³/mol. The fourth-order valence-corrected chi connectivity index (χ4v) is 4.36. The van der Waals surface area contributed by atoms with Crippen molar-refractivity contribution in [3.05, 3.63) is 29.8 Å². The standard InChI is InChI=1S/C12H19NO2S2/c1-5-11(3)16(4)13-17(14,15)12-8-6-10(2)7-9-12/h6-9,11H,5H2,1-4H3. The van der Waals surface area contributed by atoms with Gasteiger partial charge in [0, 0.05) is 5.25 Å². The molecular formula is C12H19NO2S2. The van der Waals surface area contributed by atoms with Gasteiger partial charge in [0.15, 0.2) is 0 Å². The molecule has 0 amide bonds. The largest absolute Gasteiger partial charge is 0.287 e. The van der Waals surface area contributed by atoms with E-state index in [1.54, 1.807) is 24.3 Å². The lowest BCUT2D eigenvalue weighted by Gasteiger charge is -2.09. The van der Waals surface area contributed by atoms with Crippen LogP contribution in [0.1, 0.15) is 25.8 Å². The van der Waals surface area contributed by atoms with E-state index in [0.29, 0.717) is 5.25 Å². The van der Waals surface area contributed by atoms with E-state index in [-0.39, 0.29) is 4.90 Å². The average Bonchev–Trinajstić information content (AvgIpc) is 2.27. The highest BCUT2D eigenvalue weighted by atomic mass is 32.3. The number of rotatable bonds is 4. The van der Waals surface area contributed by atoms with E-state index in [9.17, 15) is 8.42 Å². The van der Waals surface area contributed by atoms with Gasteiger partial charge in [0.2, 0.25) is 0 Å². The highest BCUT2D eigenvalue weighted by molar-refractivity contribution is 8.00. The van der Waals surface area contributed by atoms with Crippen molar-refractivity contribution < 1.29 is 8.42 Å². The summed E-state index contributed by atoms with van der Waals surface area (Å²) in [6.07, 6.45) is 2.81. The van der Waals surface area contributed by atoms with Crippen molar-refractivity contribution >= 4 is 20.7 Å². The van der Waals surface area contributed by atoms with Gasteiger partial charge in [-0.25, -0.2) is 0 Å². The number of nitrogens with zero attached hydrogens (tertiary/aromatic N) is 1. The zero-order chi connectivity index (χ0) is 13.1. The molecule has 0 saturated heterocycles. The zero-order valence-electron chi connectivity index (χ0n) is 10.7. The zero-order valence-corrected chi connectivity index (χ0v) is 12.3. The Kier molecular flexibility index (Phi) is 4.89. The molecule has 1 aromatic rings. The lowest BCUT2D eigenvalue weighted by Crippen LogP contribution is -2.09. The molecule has 0 heterocycles. The molecule has 96 valence electrons. The van der Waals surface area contributed by atoms with Crippen LogP contribution in [0.5, 0.6) is 0 Å². The smallest absolute Gasteiger partial charge is 0.199 e. The highest BCUT2D eigenvalue weighted by Crippen LogP contribution is 2.15. The number of hydrogen-bond acceptors (Lipinski definition) is 2. The normalized spacial score (nSPS) is 15.8. The van der Waals surface area contributed by atoms with Crippen LogP contribution < -0.4 is 0 Å². The minimum Gasteiger partial charge on any atom is -0.199 e. The Morgan fingerprint density at radius 2 is 1.82 bits per heavy atom. The molecule has 5 heteroatoms. The fraction of sp³-hybridized carbons (Fsp3) is 0.500. The van der Waals surface area contributed by atoms with Gasteiger partial charge in [-0.05, 0) is 31.7 Å². The Labute approximate surface area is 106 Å². The molecule has 2 unspecified atom stereocenters. The molecule has 2 atom stereocenters. The summed E-state index contributed by atoms with van der Waals surface area (Å²) in [5.41, 5.74) is 1.04. The second-order valence-electron chi connectivity index (χ2n) is 4.11. The van der Waals surface area contributed by atoms with E-state index in [2.05, 4.69) is 3.77 Å². The van der Waals surface area contributed by atoms with Crippen LogP contribution in [-0.2, 0) is 20.7 Å². The van der Waals surface area contributed by atoms with Crippen molar-refractivity contribution in [3.63, 3.8) is 0 Å². The van der Waals surface area contributed by atoms with E-state index in [4.69, 9.17) is 0 Å². The van der Waals surface area contributed by atoms with E-state index < -0.39 is 20.7 Å². The summed E-state index contributed by atoms with van der Waals surface area (Å²) < 4.78 is 28.0. The summed E-state index contributed by atoms with van der Waals surface area (Å²) in [6.45, 7) is 6.00. The van der Waals surface area contributed by atoms with Gasteiger partial charge in [0.1, 0.15) is 0 Å². The van der Waals surface area contributed by atoms with Crippen molar-refractivity contribution in [1.82, 2.24) is 0 Å². The predicted octanol–water partition coefficient (Wildman–Crippen LogP) is 2.91. The van der Waals surface area contributed by atoms with Gasteiger partial charge in [-0.2, -0.15) is 8.42 Å². The number of aryl methyl sites for hydroxylation is 1. The average molecular weight is 273 g/mol. The van der Waals surface area contributed by atoms with Crippen LogP contribution in [0.3, 0.4) is 0 Å². The summed E-state index contributed by atoms with van der Waals surface area (Å²) in [5.74, 6) is 0. The number of sulfonamides is 1. The molecule has 0 spiro atoms. The molecule has 0 N–H and O–H groups in total. The molecule has 0 radical (unpaired) electrons. The maximum atomic E-state index is 12.0. The molecule has 0 aromatic heterocycles. The molecule has 0 fully saturated rings. The third kappa shape index (κ3) is 3.92. The second kappa shape index (κ2) is 5.78. The van der Waals surface area contributed by atoms with E-state index in [1.165, 1.54) is 0 Å². The summed E-state index contributed by atoms with van der Waals surface area (Å²) >= 11 is 0. The van der Waals surface area contributed by atoms with Gasteiger partial charge in [0.25, 0.3) is 10.0 Å². The van der Waals surface area contributed by atoms with E-state index >= 15 is 0 Å². The topological polar surface area (TPSA) is 46.5 Å². The molecule has 1 aromatic carbocycles. The monoisotopic (exact) mass is 273 g/mol. The van der Waals surface area contributed by atoms with Crippen LogP contribution in [0.2, 0.25) is 0 Å². The van der Waals surface area contributed by atoms with Crippen LogP contribution in [0, 0.1) is 6.92 Å². The number of hydrogen-bond donors (Lipinski definition) is 0. The van der Waals surface area contributed by atoms with Crippen molar-refractivity contribution in [1.29, 1.82) is 0 Å². The van der Waals surface area contributed by atoms with Gasteiger partial charge >= 0.3 is 0 Å². The Bertz CT molecular complexity index is 504. The van der Waals surface area contributed by atoms with E-state index in [1.807, 2.05) is 27.0 Å². The Hall–Kier alpha value is -0.680. The second-order valence-corrected chi connectivity index (χ2v) is 7.98. The van der Waals surface area contributed by atoms with E-state index in [0.717, 1.165) is 12.0 Å². The molecule has 0 aliphatic carbocycles. The van der Waals surface area contributed by atoms with Crippen molar-refractivity contribution in [3.8, 4) is 0 Å². The molecule has 3 nitrogen and oxygen atoms in total. The first-order valence-electron chi connectivity index (χ1n) is 5.56.